The molecule has 0 aromatic carbocycles. The van der Waals surface area contributed by atoms with Crippen LogP contribution in [0.25, 0.3) is 0 Å². The largest absolute Gasteiger partial charge is 0.477 e. The second-order valence-electron chi connectivity index (χ2n) is 4.46. The van der Waals surface area contributed by atoms with Gasteiger partial charge >= 0.3 is 5.97 Å². The lowest BCUT2D eigenvalue weighted by Gasteiger charge is -2.41. The molecule has 6 heteroatoms. The third-order valence-corrected chi connectivity index (χ3v) is 2.93. The van der Waals surface area contributed by atoms with Gasteiger partial charge in [0.25, 0.3) is 5.79 Å². The van der Waals surface area contributed by atoms with Gasteiger partial charge in [-0.15, -0.1) is 0 Å². The van der Waals surface area contributed by atoms with E-state index in [1.54, 1.807) is 6.92 Å². The zero-order valence-electron chi connectivity index (χ0n) is 9.33. The molecule has 1 heterocycles. The van der Waals surface area contributed by atoms with Crippen molar-refractivity contribution in [2.75, 3.05) is 0 Å². The molecule has 1 aliphatic rings. The van der Waals surface area contributed by atoms with Crippen molar-refractivity contribution < 1.29 is 30.0 Å². The topological polar surface area (TPSA) is 107 Å². The number of aliphatic hydroxyl groups is 3. The molecule has 0 aliphatic carbocycles. The Kier molecular flexibility index (Phi) is 3.90. The summed E-state index contributed by atoms with van der Waals surface area (Å²) in [7, 11) is 0. The molecular weight excluding hydrogens is 216 g/mol. The predicted molar refractivity (Wildman–Crippen MR) is 53.5 cm³/mol. The molecule has 0 bridgehead atoms. The first kappa shape index (κ1) is 13.4. The van der Waals surface area contributed by atoms with E-state index in [2.05, 4.69) is 0 Å². The van der Waals surface area contributed by atoms with Gasteiger partial charge in [-0.25, -0.2) is 4.79 Å². The Morgan fingerprint density at radius 3 is 2.62 bits per heavy atom. The van der Waals surface area contributed by atoms with Crippen LogP contribution < -0.4 is 0 Å². The zero-order valence-corrected chi connectivity index (χ0v) is 9.33. The third-order valence-electron chi connectivity index (χ3n) is 2.93. The number of hydrogen-bond donors (Lipinski definition) is 4. The fraction of sp³-hybridized carbons (Fsp3) is 0.900. The Hall–Kier alpha value is -0.690. The summed E-state index contributed by atoms with van der Waals surface area (Å²) in [6.07, 6.45) is -2.51. The van der Waals surface area contributed by atoms with Crippen LogP contribution in [0.5, 0.6) is 0 Å². The highest BCUT2D eigenvalue weighted by atomic mass is 16.7. The molecule has 1 rings (SSSR count). The minimum atomic E-state index is -2.36. The van der Waals surface area contributed by atoms with Crippen LogP contribution in [0.4, 0.5) is 0 Å². The number of carboxylic acid groups (broad SMARTS) is 1. The van der Waals surface area contributed by atoms with Crippen molar-refractivity contribution in [3.63, 3.8) is 0 Å². The number of rotatable bonds is 3. The van der Waals surface area contributed by atoms with Crippen LogP contribution in [0.2, 0.25) is 0 Å². The van der Waals surface area contributed by atoms with Gasteiger partial charge in [0.05, 0.1) is 18.3 Å². The molecular formula is C10H18O6. The number of aliphatic hydroxyl groups excluding tert-OH is 2. The van der Waals surface area contributed by atoms with Gasteiger partial charge in [-0.1, -0.05) is 6.92 Å². The van der Waals surface area contributed by atoms with Crippen molar-refractivity contribution in [1.82, 2.24) is 0 Å². The van der Waals surface area contributed by atoms with Crippen LogP contribution in [-0.4, -0.2) is 50.5 Å². The Bertz CT molecular complexity index is 266. The summed E-state index contributed by atoms with van der Waals surface area (Å²) in [5, 5.41) is 37.3. The van der Waals surface area contributed by atoms with Crippen molar-refractivity contribution in [3.8, 4) is 0 Å². The normalized spacial score (nSPS) is 41.7. The maximum atomic E-state index is 10.8. The highest BCUT2D eigenvalue weighted by Crippen LogP contribution is 2.33. The molecule has 0 saturated carbocycles. The lowest BCUT2D eigenvalue weighted by Crippen LogP contribution is -2.55. The van der Waals surface area contributed by atoms with Crippen molar-refractivity contribution in [2.45, 2.75) is 50.8 Å². The maximum Gasteiger partial charge on any atom is 0.364 e. The maximum absolute atomic E-state index is 10.8. The van der Waals surface area contributed by atoms with Gasteiger partial charge in [0.15, 0.2) is 0 Å². The molecule has 16 heavy (non-hydrogen) atoms. The van der Waals surface area contributed by atoms with E-state index in [1.807, 2.05) is 0 Å². The molecule has 0 spiro atoms. The van der Waals surface area contributed by atoms with E-state index in [4.69, 9.17) is 9.84 Å². The Morgan fingerprint density at radius 2 is 2.19 bits per heavy atom. The summed E-state index contributed by atoms with van der Waals surface area (Å²) in [6.45, 7) is 3.23. The monoisotopic (exact) mass is 234 g/mol. The molecule has 0 aromatic heterocycles. The first-order valence-electron chi connectivity index (χ1n) is 5.26. The minimum absolute atomic E-state index is 0.174. The van der Waals surface area contributed by atoms with Crippen LogP contribution in [0.3, 0.4) is 0 Å². The molecule has 0 radical (unpaired) electrons. The van der Waals surface area contributed by atoms with Gasteiger partial charge in [-0.05, 0) is 13.3 Å². The van der Waals surface area contributed by atoms with Gasteiger partial charge in [0.2, 0.25) is 0 Å². The van der Waals surface area contributed by atoms with Crippen LogP contribution in [0.15, 0.2) is 0 Å². The molecule has 0 aromatic rings. The molecule has 1 aliphatic heterocycles. The average Bonchev–Trinajstić information content (AvgIpc) is 2.12. The van der Waals surface area contributed by atoms with Gasteiger partial charge in [0, 0.05) is 12.3 Å². The van der Waals surface area contributed by atoms with E-state index in [1.165, 1.54) is 6.92 Å². The molecule has 1 saturated heterocycles. The van der Waals surface area contributed by atoms with E-state index in [-0.39, 0.29) is 18.8 Å². The SMILES string of the molecule is CC1C(O)C[C@](O)(C(=O)O)OC1C[C@@H](C)O. The number of hydrogen-bond acceptors (Lipinski definition) is 5. The van der Waals surface area contributed by atoms with E-state index >= 15 is 0 Å². The second kappa shape index (κ2) is 4.67. The van der Waals surface area contributed by atoms with Crippen LogP contribution in [0, 0.1) is 5.92 Å². The molecule has 5 atom stereocenters. The standard InChI is InChI=1S/C10H18O6/c1-5(11)3-8-6(2)7(12)4-10(15,16-8)9(13)14/h5-8,11-12,15H,3-4H2,1-2H3,(H,13,14)/t5-,6?,7?,8?,10-/m1/s1. The van der Waals surface area contributed by atoms with Crippen molar-refractivity contribution in [1.29, 1.82) is 0 Å². The quantitative estimate of drug-likeness (QED) is 0.515. The van der Waals surface area contributed by atoms with Gasteiger partial charge in [-0.2, -0.15) is 0 Å². The molecule has 0 amide bonds. The summed E-state index contributed by atoms with van der Waals surface area (Å²) in [5.74, 6) is -4.20. The Balaban J connectivity index is 2.80. The van der Waals surface area contributed by atoms with Crippen LogP contribution in [0.1, 0.15) is 26.7 Å². The summed E-state index contributed by atoms with van der Waals surface area (Å²) in [6, 6.07) is 0. The highest BCUT2D eigenvalue weighted by Gasteiger charge is 2.49. The highest BCUT2D eigenvalue weighted by molar-refractivity contribution is 5.75. The van der Waals surface area contributed by atoms with Crippen molar-refractivity contribution >= 4 is 5.97 Å². The summed E-state index contributed by atoms with van der Waals surface area (Å²) in [5.41, 5.74) is 0. The first-order chi connectivity index (χ1) is 7.26. The summed E-state index contributed by atoms with van der Waals surface area (Å²) >= 11 is 0. The van der Waals surface area contributed by atoms with E-state index in [0.29, 0.717) is 0 Å². The zero-order chi connectivity index (χ0) is 12.5. The van der Waals surface area contributed by atoms with Crippen LogP contribution in [-0.2, 0) is 9.53 Å². The first-order valence-corrected chi connectivity index (χ1v) is 5.26. The van der Waals surface area contributed by atoms with Crippen molar-refractivity contribution in [3.05, 3.63) is 0 Å². The predicted octanol–water partition coefficient (Wildman–Crippen LogP) is -0.684. The lowest BCUT2D eigenvalue weighted by atomic mass is 9.86. The molecule has 3 unspecified atom stereocenters. The lowest BCUT2D eigenvalue weighted by molar-refractivity contribution is -0.285. The summed E-state index contributed by atoms with van der Waals surface area (Å²) < 4.78 is 5.06. The fourth-order valence-corrected chi connectivity index (χ4v) is 1.86. The molecule has 6 nitrogen and oxygen atoms in total. The fourth-order valence-electron chi connectivity index (χ4n) is 1.86. The Morgan fingerprint density at radius 1 is 1.62 bits per heavy atom. The third kappa shape index (κ3) is 2.70. The van der Waals surface area contributed by atoms with E-state index in [9.17, 15) is 20.1 Å². The van der Waals surface area contributed by atoms with Crippen molar-refractivity contribution in [2.24, 2.45) is 5.92 Å². The molecule has 94 valence electrons. The summed E-state index contributed by atoms with van der Waals surface area (Å²) in [4.78, 5) is 10.8. The minimum Gasteiger partial charge on any atom is -0.477 e. The molecule has 1 fully saturated rings. The van der Waals surface area contributed by atoms with E-state index in [0.717, 1.165) is 0 Å². The number of ether oxygens (including phenoxy) is 1. The second-order valence-corrected chi connectivity index (χ2v) is 4.46. The smallest absolute Gasteiger partial charge is 0.364 e. The van der Waals surface area contributed by atoms with Gasteiger partial charge < -0.3 is 25.2 Å². The van der Waals surface area contributed by atoms with Gasteiger partial charge in [0.1, 0.15) is 0 Å². The van der Waals surface area contributed by atoms with E-state index < -0.39 is 30.1 Å². The molecule has 4 N–H and O–H groups in total. The average molecular weight is 234 g/mol. The van der Waals surface area contributed by atoms with Crippen LogP contribution >= 0.6 is 0 Å². The number of carboxylic acids is 1. The number of carbonyl (C=O) groups is 1. The number of aliphatic carboxylic acids is 1. The Labute approximate surface area is 93.5 Å². The van der Waals surface area contributed by atoms with Gasteiger partial charge in [-0.3, -0.25) is 0 Å².